The highest BCUT2D eigenvalue weighted by Gasteiger charge is 2.23. The number of benzene rings is 1. The van der Waals surface area contributed by atoms with Gasteiger partial charge in [0.05, 0.1) is 7.92 Å². The van der Waals surface area contributed by atoms with E-state index in [9.17, 15) is 14.7 Å². The van der Waals surface area contributed by atoms with Crippen LogP contribution < -0.4 is 5.32 Å². The lowest BCUT2D eigenvalue weighted by Gasteiger charge is -2.16. The van der Waals surface area contributed by atoms with Crippen molar-refractivity contribution in [2.75, 3.05) is 5.32 Å². The SMILES string of the molecule is [2H]C(Cn1cccn1)(OC(=O)Nc1c(C)cccc1C)C(=O)O. The van der Waals surface area contributed by atoms with Gasteiger partial charge in [-0.2, -0.15) is 5.10 Å². The number of carbonyl (C=O) groups is 2. The van der Waals surface area contributed by atoms with E-state index < -0.39 is 24.7 Å². The summed E-state index contributed by atoms with van der Waals surface area (Å²) in [6, 6.07) is 7.03. The van der Waals surface area contributed by atoms with Crippen molar-refractivity contribution in [3.05, 3.63) is 47.8 Å². The highest BCUT2D eigenvalue weighted by atomic mass is 16.6. The van der Waals surface area contributed by atoms with Crippen molar-refractivity contribution >= 4 is 17.7 Å². The third-order valence-electron chi connectivity index (χ3n) is 3.03. The second-order valence-electron chi connectivity index (χ2n) is 4.71. The summed E-state index contributed by atoms with van der Waals surface area (Å²) in [5.74, 6) is -1.58. The second-order valence-corrected chi connectivity index (χ2v) is 4.71. The zero-order valence-electron chi connectivity index (χ0n) is 13.2. The summed E-state index contributed by atoms with van der Waals surface area (Å²) in [4.78, 5) is 23.4. The van der Waals surface area contributed by atoms with Gasteiger partial charge in [0.25, 0.3) is 0 Å². The average molecular weight is 304 g/mol. The van der Waals surface area contributed by atoms with E-state index in [0.29, 0.717) is 5.69 Å². The van der Waals surface area contributed by atoms with Crippen LogP contribution in [0.15, 0.2) is 36.7 Å². The van der Waals surface area contributed by atoms with Crippen LogP contribution in [0.25, 0.3) is 0 Å². The van der Waals surface area contributed by atoms with Gasteiger partial charge in [0, 0.05) is 18.1 Å². The number of hydrogen-bond donors (Lipinski definition) is 2. The van der Waals surface area contributed by atoms with E-state index in [1.165, 1.54) is 17.1 Å². The maximum absolute atomic E-state index is 12.0. The molecular weight excluding hydrogens is 286 g/mol. The highest BCUT2D eigenvalue weighted by molar-refractivity contribution is 5.88. The fraction of sp³-hybridized carbons (Fsp3) is 0.267. The van der Waals surface area contributed by atoms with Crippen molar-refractivity contribution in [1.29, 1.82) is 0 Å². The monoisotopic (exact) mass is 304 g/mol. The molecule has 22 heavy (non-hydrogen) atoms. The second kappa shape index (κ2) is 6.75. The van der Waals surface area contributed by atoms with Gasteiger partial charge in [-0.1, -0.05) is 18.2 Å². The lowest BCUT2D eigenvalue weighted by molar-refractivity contribution is -0.147. The molecule has 1 amide bonds. The number of rotatable bonds is 5. The van der Waals surface area contributed by atoms with Crippen molar-refractivity contribution in [2.45, 2.75) is 26.5 Å². The standard InChI is InChI=1S/C15H17N3O4/c1-10-5-3-6-11(2)13(10)17-15(21)22-12(14(19)20)9-18-8-4-7-16-18/h3-8,12H,9H2,1-2H3,(H,17,21)(H,19,20)/i12D. The average Bonchev–Trinajstić information content (AvgIpc) is 2.95. The first-order valence-corrected chi connectivity index (χ1v) is 6.59. The molecular formula is C15H17N3O4. The molecule has 0 aliphatic carbocycles. The summed E-state index contributed by atoms with van der Waals surface area (Å²) < 4.78 is 14.0. The van der Waals surface area contributed by atoms with Gasteiger partial charge in [-0.15, -0.1) is 0 Å². The fourth-order valence-electron chi connectivity index (χ4n) is 1.94. The minimum atomic E-state index is -2.48. The van der Waals surface area contributed by atoms with Crippen LogP contribution in [-0.4, -0.2) is 33.0 Å². The molecule has 0 saturated carbocycles. The Labute approximate surface area is 128 Å². The minimum Gasteiger partial charge on any atom is -0.478 e. The van der Waals surface area contributed by atoms with Gasteiger partial charge in [0.1, 0.15) is 0 Å². The van der Waals surface area contributed by atoms with Crippen LogP contribution in [0, 0.1) is 13.8 Å². The summed E-state index contributed by atoms with van der Waals surface area (Å²) in [7, 11) is 0. The van der Waals surface area contributed by atoms with E-state index in [1.807, 2.05) is 6.07 Å². The van der Waals surface area contributed by atoms with Crippen LogP contribution in [-0.2, 0) is 16.1 Å². The zero-order chi connectivity index (χ0) is 17.0. The number of carboxylic acid groups (broad SMARTS) is 1. The summed E-state index contributed by atoms with van der Waals surface area (Å²) in [5, 5.41) is 15.5. The van der Waals surface area contributed by atoms with Crippen LogP contribution in [0.2, 0.25) is 0 Å². The number of anilines is 1. The molecule has 2 aromatic rings. The number of hydrogen-bond acceptors (Lipinski definition) is 4. The first kappa shape index (κ1) is 14.1. The van der Waals surface area contributed by atoms with Crippen LogP contribution in [0.4, 0.5) is 10.5 Å². The fourth-order valence-corrected chi connectivity index (χ4v) is 1.94. The molecule has 0 aliphatic rings. The summed E-state index contributed by atoms with van der Waals surface area (Å²) in [6.45, 7) is 3.19. The van der Waals surface area contributed by atoms with Gasteiger partial charge >= 0.3 is 12.1 Å². The molecule has 0 bridgehead atoms. The van der Waals surface area contributed by atoms with Crippen LogP contribution in [0.3, 0.4) is 0 Å². The van der Waals surface area contributed by atoms with E-state index in [4.69, 9.17) is 6.11 Å². The number of carbonyl (C=O) groups excluding carboxylic acids is 1. The molecule has 0 spiro atoms. The first-order chi connectivity index (χ1) is 10.8. The molecule has 0 fully saturated rings. The van der Waals surface area contributed by atoms with Crippen molar-refractivity contribution < 1.29 is 20.8 Å². The zero-order valence-corrected chi connectivity index (χ0v) is 12.2. The Morgan fingerprint density at radius 2 is 2.09 bits per heavy atom. The van der Waals surface area contributed by atoms with Gasteiger partial charge in [-0.05, 0) is 31.0 Å². The lowest BCUT2D eigenvalue weighted by atomic mass is 10.1. The molecule has 2 N–H and O–H groups in total. The van der Waals surface area contributed by atoms with Crippen molar-refractivity contribution in [3.63, 3.8) is 0 Å². The predicted molar refractivity (Wildman–Crippen MR) is 79.7 cm³/mol. The number of aliphatic carboxylic acids is 1. The van der Waals surface area contributed by atoms with Crippen molar-refractivity contribution in [3.8, 4) is 0 Å². The van der Waals surface area contributed by atoms with Crippen molar-refractivity contribution in [1.82, 2.24) is 9.78 Å². The Morgan fingerprint density at radius 1 is 1.41 bits per heavy atom. The number of nitrogens with one attached hydrogen (secondary N) is 1. The largest absolute Gasteiger partial charge is 0.478 e. The Balaban J connectivity index is 2.14. The summed E-state index contributed by atoms with van der Waals surface area (Å²) in [5.41, 5.74) is 2.14. The van der Waals surface area contributed by atoms with E-state index in [2.05, 4.69) is 10.4 Å². The number of amides is 1. The highest BCUT2D eigenvalue weighted by Crippen LogP contribution is 2.19. The van der Waals surface area contributed by atoms with E-state index in [0.717, 1.165) is 11.1 Å². The van der Waals surface area contributed by atoms with Gasteiger partial charge in [-0.25, -0.2) is 9.59 Å². The topological polar surface area (TPSA) is 93.5 Å². The lowest BCUT2D eigenvalue weighted by Crippen LogP contribution is -2.33. The van der Waals surface area contributed by atoms with Gasteiger partial charge in [-0.3, -0.25) is 10.00 Å². The van der Waals surface area contributed by atoms with Gasteiger partial charge < -0.3 is 9.84 Å². The van der Waals surface area contributed by atoms with Gasteiger partial charge in [0.15, 0.2) is 0 Å². The summed E-state index contributed by atoms with van der Waals surface area (Å²) in [6.07, 6.45) is -0.558. The quantitative estimate of drug-likeness (QED) is 0.883. The van der Waals surface area contributed by atoms with Gasteiger partial charge in [0.2, 0.25) is 6.08 Å². The number of carboxylic acids is 1. The molecule has 0 aliphatic heterocycles. The molecule has 116 valence electrons. The van der Waals surface area contributed by atoms with E-state index in [-0.39, 0.29) is 0 Å². The van der Waals surface area contributed by atoms with Crippen LogP contribution >= 0.6 is 0 Å². The Bertz CT molecular complexity index is 697. The molecule has 1 aromatic carbocycles. The van der Waals surface area contributed by atoms with Crippen LogP contribution in [0.1, 0.15) is 12.5 Å². The Kier molecular flexibility index (Phi) is 4.33. The molecule has 2 rings (SSSR count). The van der Waals surface area contributed by atoms with Crippen LogP contribution in [0.5, 0.6) is 0 Å². The maximum Gasteiger partial charge on any atom is 0.412 e. The molecule has 0 radical (unpaired) electrons. The predicted octanol–water partition coefficient (Wildman–Crippen LogP) is 2.20. The first-order valence-electron chi connectivity index (χ1n) is 7.09. The molecule has 1 heterocycles. The third-order valence-corrected chi connectivity index (χ3v) is 3.03. The number of ether oxygens (including phenoxy) is 1. The molecule has 1 unspecified atom stereocenters. The Hall–Kier alpha value is -2.83. The van der Waals surface area contributed by atoms with E-state index in [1.54, 1.807) is 32.0 Å². The van der Waals surface area contributed by atoms with Crippen molar-refractivity contribution in [2.24, 2.45) is 0 Å². The number of para-hydroxylation sites is 1. The number of aryl methyl sites for hydroxylation is 2. The Morgan fingerprint density at radius 3 is 2.64 bits per heavy atom. The minimum absolute atomic E-state index is 0.421. The normalized spacial score (nSPS) is 13.8. The molecule has 1 atom stereocenters. The molecule has 7 heteroatoms. The third kappa shape index (κ3) is 3.85. The molecule has 0 saturated heterocycles. The summed E-state index contributed by atoms with van der Waals surface area (Å²) >= 11 is 0. The maximum atomic E-state index is 12.0. The van der Waals surface area contributed by atoms with E-state index >= 15 is 0 Å². The number of aromatic nitrogens is 2. The number of nitrogens with zero attached hydrogens (tertiary/aromatic N) is 2. The molecule has 1 aromatic heterocycles. The molecule has 7 nitrogen and oxygen atoms in total. The smallest absolute Gasteiger partial charge is 0.412 e.